The topological polar surface area (TPSA) is 3.24 Å². The lowest BCUT2D eigenvalue weighted by Crippen LogP contribution is -2.09. The molecule has 0 bridgehead atoms. The molecular weight excluding hydrogens is 158 g/mol. The van der Waals surface area contributed by atoms with Crippen molar-refractivity contribution < 1.29 is 0 Å². The van der Waals surface area contributed by atoms with Crippen LogP contribution in [0.5, 0.6) is 0 Å². The molecule has 0 unspecified atom stereocenters. The third kappa shape index (κ3) is 2.48. The zero-order chi connectivity index (χ0) is 10.0. The van der Waals surface area contributed by atoms with E-state index in [0.717, 1.165) is 0 Å². The van der Waals surface area contributed by atoms with Crippen LogP contribution in [0.4, 0.5) is 5.69 Å². The van der Waals surface area contributed by atoms with Crippen molar-refractivity contribution in [2.75, 3.05) is 19.0 Å². The van der Waals surface area contributed by atoms with Gasteiger partial charge in [-0.3, -0.25) is 0 Å². The SMILES string of the molecule is Cc1cc(C(C)C)cc(N(C)C)c1. The van der Waals surface area contributed by atoms with Crippen LogP contribution in [0.25, 0.3) is 0 Å². The van der Waals surface area contributed by atoms with Gasteiger partial charge in [0.25, 0.3) is 0 Å². The molecule has 1 heteroatoms. The van der Waals surface area contributed by atoms with Gasteiger partial charge in [-0.15, -0.1) is 0 Å². The van der Waals surface area contributed by atoms with E-state index in [4.69, 9.17) is 0 Å². The zero-order valence-corrected chi connectivity index (χ0v) is 9.26. The molecule has 0 atom stereocenters. The highest BCUT2D eigenvalue weighted by Gasteiger charge is 2.03. The van der Waals surface area contributed by atoms with Crippen molar-refractivity contribution in [1.82, 2.24) is 0 Å². The molecule has 1 aromatic rings. The summed E-state index contributed by atoms with van der Waals surface area (Å²) >= 11 is 0. The van der Waals surface area contributed by atoms with Crippen LogP contribution in [0.2, 0.25) is 0 Å². The molecule has 0 aliphatic carbocycles. The average Bonchev–Trinajstić information content (AvgIpc) is 2.03. The van der Waals surface area contributed by atoms with Crippen LogP contribution in [0, 0.1) is 6.92 Å². The van der Waals surface area contributed by atoms with E-state index in [1.807, 2.05) is 0 Å². The Morgan fingerprint density at radius 3 is 2.15 bits per heavy atom. The summed E-state index contributed by atoms with van der Waals surface area (Å²) in [5.74, 6) is 0.610. The number of benzene rings is 1. The molecule has 0 radical (unpaired) electrons. The fourth-order valence-electron chi connectivity index (χ4n) is 1.38. The fraction of sp³-hybridized carbons (Fsp3) is 0.500. The van der Waals surface area contributed by atoms with Gasteiger partial charge in [0.05, 0.1) is 0 Å². The van der Waals surface area contributed by atoms with Gasteiger partial charge in [0.2, 0.25) is 0 Å². The summed E-state index contributed by atoms with van der Waals surface area (Å²) in [5.41, 5.74) is 4.06. The first-order valence-electron chi connectivity index (χ1n) is 4.79. The second-order valence-electron chi connectivity index (χ2n) is 4.15. The van der Waals surface area contributed by atoms with Crippen molar-refractivity contribution >= 4 is 5.69 Å². The molecule has 1 rings (SSSR count). The molecule has 0 aliphatic rings. The molecule has 0 aliphatic heterocycles. The van der Waals surface area contributed by atoms with E-state index in [1.54, 1.807) is 0 Å². The molecule has 0 amide bonds. The predicted molar refractivity (Wildman–Crippen MR) is 59.6 cm³/mol. The van der Waals surface area contributed by atoms with E-state index in [2.05, 4.69) is 58.0 Å². The Kier molecular flexibility index (Phi) is 2.97. The molecule has 0 N–H and O–H groups in total. The standard InChI is InChI=1S/C12H19N/c1-9(2)11-6-10(3)7-12(8-11)13(4)5/h6-9H,1-5H3. The maximum Gasteiger partial charge on any atom is 0.0366 e. The van der Waals surface area contributed by atoms with Crippen LogP contribution in [0.1, 0.15) is 30.9 Å². The van der Waals surface area contributed by atoms with E-state index in [0.29, 0.717) is 5.92 Å². The molecular formula is C12H19N. The molecule has 0 fully saturated rings. The molecule has 0 spiro atoms. The molecule has 13 heavy (non-hydrogen) atoms. The van der Waals surface area contributed by atoms with E-state index < -0.39 is 0 Å². The largest absolute Gasteiger partial charge is 0.378 e. The summed E-state index contributed by atoms with van der Waals surface area (Å²) < 4.78 is 0. The predicted octanol–water partition coefficient (Wildman–Crippen LogP) is 3.18. The van der Waals surface area contributed by atoms with Crippen LogP contribution in [0.3, 0.4) is 0 Å². The Morgan fingerprint density at radius 2 is 1.69 bits per heavy atom. The summed E-state index contributed by atoms with van der Waals surface area (Å²) in [4.78, 5) is 2.15. The van der Waals surface area contributed by atoms with Gasteiger partial charge in [-0.25, -0.2) is 0 Å². The quantitative estimate of drug-likeness (QED) is 0.670. The minimum Gasteiger partial charge on any atom is -0.378 e. The van der Waals surface area contributed by atoms with E-state index in [-0.39, 0.29) is 0 Å². The summed E-state index contributed by atoms with van der Waals surface area (Å²) in [6.45, 7) is 6.61. The van der Waals surface area contributed by atoms with Crippen molar-refractivity contribution in [3.8, 4) is 0 Å². The normalized spacial score (nSPS) is 10.6. The minimum atomic E-state index is 0.610. The summed E-state index contributed by atoms with van der Waals surface area (Å²) in [6, 6.07) is 6.74. The molecule has 1 nitrogen and oxygen atoms in total. The monoisotopic (exact) mass is 177 g/mol. The Hall–Kier alpha value is -0.980. The average molecular weight is 177 g/mol. The smallest absolute Gasteiger partial charge is 0.0366 e. The van der Waals surface area contributed by atoms with Crippen LogP contribution in [-0.2, 0) is 0 Å². The second kappa shape index (κ2) is 3.82. The Morgan fingerprint density at radius 1 is 1.08 bits per heavy atom. The van der Waals surface area contributed by atoms with Crippen LogP contribution >= 0.6 is 0 Å². The summed E-state index contributed by atoms with van der Waals surface area (Å²) in [7, 11) is 4.16. The van der Waals surface area contributed by atoms with Gasteiger partial charge in [0.15, 0.2) is 0 Å². The highest BCUT2D eigenvalue weighted by atomic mass is 15.1. The van der Waals surface area contributed by atoms with Crippen LogP contribution in [0.15, 0.2) is 18.2 Å². The van der Waals surface area contributed by atoms with E-state index in [1.165, 1.54) is 16.8 Å². The number of hydrogen-bond acceptors (Lipinski definition) is 1. The Bertz CT molecular complexity index is 261. The van der Waals surface area contributed by atoms with Gasteiger partial charge >= 0.3 is 0 Å². The minimum absolute atomic E-state index is 0.610. The first-order valence-corrected chi connectivity index (χ1v) is 4.79. The number of rotatable bonds is 2. The van der Waals surface area contributed by atoms with Gasteiger partial charge < -0.3 is 4.90 Å². The van der Waals surface area contributed by atoms with Gasteiger partial charge in [-0.05, 0) is 36.1 Å². The van der Waals surface area contributed by atoms with Crippen LogP contribution in [-0.4, -0.2) is 14.1 Å². The van der Waals surface area contributed by atoms with Gasteiger partial charge in [-0.1, -0.05) is 19.9 Å². The van der Waals surface area contributed by atoms with Crippen molar-refractivity contribution in [3.05, 3.63) is 29.3 Å². The van der Waals surface area contributed by atoms with Crippen molar-refractivity contribution in [2.24, 2.45) is 0 Å². The number of hydrogen-bond donors (Lipinski definition) is 0. The Labute approximate surface area is 81.4 Å². The lowest BCUT2D eigenvalue weighted by Gasteiger charge is -2.16. The fourth-order valence-corrected chi connectivity index (χ4v) is 1.38. The number of aryl methyl sites for hydroxylation is 1. The highest BCUT2D eigenvalue weighted by molar-refractivity contribution is 5.50. The summed E-state index contributed by atoms with van der Waals surface area (Å²) in [6.07, 6.45) is 0. The third-order valence-electron chi connectivity index (χ3n) is 2.27. The molecule has 0 saturated heterocycles. The van der Waals surface area contributed by atoms with E-state index in [9.17, 15) is 0 Å². The van der Waals surface area contributed by atoms with Gasteiger partial charge in [0.1, 0.15) is 0 Å². The molecule has 0 aromatic heterocycles. The summed E-state index contributed by atoms with van der Waals surface area (Å²) in [5, 5.41) is 0. The van der Waals surface area contributed by atoms with Crippen molar-refractivity contribution in [2.45, 2.75) is 26.7 Å². The third-order valence-corrected chi connectivity index (χ3v) is 2.27. The lowest BCUT2D eigenvalue weighted by molar-refractivity contribution is 0.863. The van der Waals surface area contributed by atoms with Gasteiger partial charge in [-0.2, -0.15) is 0 Å². The highest BCUT2D eigenvalue weighted by Crippen LogP contribution is 2.22. The maximum absolute atomic E-state index is 2.26. The molecule has 1 aromatic carbocycles. The first kappa shape index (κ1) is 10.1. The van der Waals surface area contributed by atoms with Crippen LogP contribution < -0.4 is 4.90 Å². The zero-order valence-electron chi connectivity index (χ0n) is 9.26. The lowest BCUT2D eigenvalue weighted by atomic mass is 10.0. The van der Waals surface area contributed by atoms with Gasteiger partial charge in [0, 0.05) is 19.8 Å². The molecule has 72 valence electrons. The number of anilines is 1. The maximum atomic E-state index is 2.26. The molecule has 0 heterocycles. The van der Waals surface area contributed by atoms with Crippen molar-refractivity contribution in [1.29, 1.82) is 0 Å². The second-order valence-corrected chi connectivity index (χ2v) is 4.15. The van der Waals surface area contributed by atoms with E-state index >= 15 is 0 Å². The Balaban J connectivity index is 3.11. The molecule has 0 saturated carbocycles. The number of nitrogens with zero attached hydrogens (tertiary/aromatic N) is 1. The first-order chi connectivity index (χ1) is 6.00. The van der Waals surface area contributed by atoms with Crippen molar-refractivity contribution in [3.63, 3.8) is 0 Å².